The third kappa shape index (κ3) is 5.93. The van der Waals surface area contributed by atoms with Gasteiger partial charge in [-0.05, 0) is 56.0 Å². The molecule has 0 unspecified atom stereocenters. The summed E-state index contributed by atoms with van der Waals surface area (Å²) in [7, 11) is -4.39. The van der Waals surface area contributed by atoms with Gasteiger partial charge in [-0.2, -0.15) is 17.5 Å². The minimum Gasteiger partial charge on any atom is -0.338 e. The number of amides is 2. The van der Waals surface area contributed by atoms with E-state index in [-0.39, 0.29) is 30.6 Å². The number of anilines is 1. The lowest BCUT2D eigenvalue weighted by atomic mass is 10.00. The fourth-order valence-corrected chi connectivity index (χ4v) is 5.47. The second-order valence-electron chi connectivity index (χ2n) is 7.71. The zero-order valence-corrected chi connectivity index (χ0v) is 18.8. The van der Waals surface area contributed by atoms with Gasteiger partial charge in [-0.15, -0.1) is 0 Å². The molecule has 2 aromatic carbocycles. The zero-order valence-electron chi connectivity index (χ0n) is 17.2. The summed E-state index contributed by atoms with van der Waals surface area (Å²) >= 11 is 5.66. The highest BCUT2D eigenvalue weighted by Gasteiger charge is 2.40. The number of carbonyl (C=O) groups is 1. The Labute approximate surface area is 189 Å². The molecule has 0 spiro atoms. The molecule has 1 aliphatic heterocycles. The number of benzene rings is 2. The van der Waals surface area contributed by atoms with Crippen LogP contribution >= 0.6 is 11.6 Å². The van der Waals surface area contributed by atoms with Crippen LogP contribution in [-0.4, -0.2) is 38.4 Å². The largest absolute Gasteiger partial charge is 0.417 e. The van der Waals surface area contributed by atoms with Gasteiger partial charge in [0, 0.05) is 30.3 Å². The van der Waals surface area contributed by atoms with Gasteiger partial charge in [0.15, 0.2) is 0 Å². The summed E-state index contributed by atoms with van der Waals surface area (Å²) < 4.78 is 67.3. The molecule has 0 aliphatic carbocycles. The molecule has 3 rings (SSSR count). The van der Waals surface area contributed by atoms with Crippen LogP contribution in [-0.2, 0) is 16.2 Å². The normalized spacial score (nSPS) is 17.7. The van der Waals surface area contributed by atoms with E-state index in [1.165, 1.54) is 0 Å². The molecule has 1 fully saturated rings. The molecular formula is C21H23ClF3N3O3S. The fourth-order valence-electron chi connectivity index (χ4n) is 3.55. The highest BCUT2D eigenvalue weighted by molar-refractivity contribution is 7.89. The standard InChI is InChI=1S/C21H23ClF3N3O3S/c1-14-4-7-17(8-5-14)27-20(29)26-12-15-3-2-10-28(13-15)32(30,31)19-9-6-16(22)11-18(19)21(23,24)25/h4-9,11,15H,2-3,10,12-13H2,1H3,(H2,26,27,29)/t15-/m1/s1. The van der Waals surface area contributed by atoms with Crippen molar-refractivity contribution in [3.8, 4) is 0 Å². The van der Waals surface area contributed by atoms with Gasteiger partial charge in [-0.25, -0.2) is 13.2 Å². The first-order chi connectivity index (χ1) is 15.0. The van der Waals surface area contributed by atoms with E-state index in [1.807, 2.05) is 19.1 Å². The Hall–Kier alpha value is -2.30. The first kappa shape index (κ1) is 24.3. The predicted octanol–water partition coefficient (Wildman–Crippen LogP) is 4.89. The number of sulfonamides is 1. The van der Waals surface area contributed by atoms with Crippen molar-refractivity contribution in [1.82, 2.24) is 9.62 Å². The van der Waals surface area contributed by atoms with Gasteiger partial charge in [0.1, 0.15) is 0 Å². The summed E-state index contributed by atoms with van der Waals surface area (Å²) in [5.41, 5.74) is 0.375. The maximum absolute atomic E-state index is 13.4. The average molecular weight is 490 g/mol. The van der Waals surface area contributed by atoms with Crippen LogP contribution in [0.25, 0.3) is 0 Å². The number of aryl methyl sites for hydroxylation is 1. The molecule has 2 amide bonds. The van der Waals surface area contributed by atoms with E-state index >= 15 is 0 Å². The summed E-state index contributed by atoms with van der Waals surface area (Å²) in [4.78, 5) is 11.3. The second-order valence-corrected chi connectivity index (χ2v) is 10.1. The molecule has 1 saturated heterocycles. The molecule has 0 saturated carbocycles. The summed E-state index contributed by atoms with van der Waals surface area (Å²) in [6.07, 6.45) is -3.75. The van der Waals surface area contributed by atoms with Gasteiger partial charge in [-0.3, -0.25) is 0 Å². The lowest BCUT2D eigenvalue weighted by molar-refractivity contribution is -0.139. The first-order valence-corrected chi connectivity index (χ1v) is 11.8. The number of urea groups is 1. The minimum atomic E-state index is -4.86. The van der Waals surface area contributed by atoms with E-state index < -0.39 is 32.7 Å². The number of halogens is 4. The number of piperidine rings is 1. The number of hydrogen-bond donors (Lipinski definition) is 2. The Kier molecular flexibility index (Phi) is 7.36. The van der Waals surface area contributed by atoms with Crippen LogP contribution in [0, 0.1) is 12.8 Å². The van der Waals surface area contributed by atoms with Crippen LogP contribution in [0.4, 0.5) is 23.7 Å². The molecule has 11 heteroatoms. The minimum absolute atomic E-state index is 0.00701. The average Bonchev–Trinajstić information content (AvgIpc) is 2.73. The quantitative estimate of drug-likeness (QED) is 0.627. The van der Waals surface area contributed by atoms with E-state index in [2.05, 4.69) is 10.6 Å². The monoisotopic (exact) mass is 489 g/mol. The van der Waals surface area contributed by atoms with Gasteiger partial charge >= 0.3 is 12.2 Å². The first-order valence-electron chi connectivity index (χ1n) is 9.95. The predicted molar refractivity (Wildman–Crippen MR) is 116 cm³/mol. The molecule has 6 nitrogen and oxygen atoms in total. The molecule has 1 heterocycles. The molecule has 0 aromatic heterocycles. The lowest BCUT2D eigenvalue weighted by Gasteiger charge is -2.32. The SMILES string of the molecule is Cc1ccc(NC(=O)NC[C@H]2CCCN(S(=O)(=O)c3ccc(Cl)cc3C(F)(F)F)C2)cc1. The van der Waals surface area contributed by atoms with Crippen LogP contribution < -0.4 is 10.6 Å². The topological polar surface area (TPSA) is 78.5 Å². The van der Waals surface area contributed by atoms with Crippen molar-refractivity contribution in [2.75, 3.05) is 25.0 Å². The molecule has 1 atom stereocenters. The number of hydrogen-bond acceptors (Lipinski definition) is 3. The van der Waals surface area contributed by atoms with Crippen LogP contribution in [0.5, 0.6) is 0 Å². The second kappa shape index (κ2) is 9.68. The van der Waals surface area contributed by atoms with Gasteiger partial charge in [0.05, 0.1) is 10.5 Å². The number of nitrogens with one attached hydrogen (secondary N) is 2. The van der Waals surface area contributed by atoms with Gasteiger partial charge in [-0.1, -0.05) is 29.3 Å². The number of rotatable bonds is 5. The highest BCUT2D eigenvalue weighted by atomic mass is 35.5. The third-order valence-electron chi connectivity index (χ3n) is 5.21. The summed E-state index contributed by atoms with van der Waals surface area (Å²) in [6.45, 7) is 2.23. The van der Waals surface area contributed by atoms with E-state index in [9.17, 15) is 26.4 Å². The Bertz CT molecular complexity index is 1080. The van der Waals surface area contributed by atoms with Crippen molar-refractivity contribution in [2.24, 2.45) is 5.92 Å². The maximum atomic E-state index is 13.4. The van der Waals surface area contributed by atoms with Gasteiger partial charge in [0.2, 0.25) is 10.0 Å². The molecule has 1 aliphatic rings. The summed E-state index contributed by atoms with van der Waals surface area (Å²) in [5, 5.41) is 5.19. The van der Waals surface area contributed by atoms with E-state index in [0.29, 0.717) is 24.6 Å². The van der Waals surface area contributed by atoms with Crippen molar-refractivity contribution in [3.05, 3.63) is 58.6 Å². The van der Waals surface area contributed by atoms with Crippen LogP contribution in [0.15, 0.2) is 47.4 Å². The van der Waals surface area contributed by atoms with Crippen LogP contribution in [0.2, 0.25) is 5.02 Å². The Morgan fingerprint density at radius 2 is 1.88 bits per heavy atom. The molecule has 0 bridgehead atoms. The number of alkyl halides is 3. The Balaban J connectivity index is 1.66. The van der Waals surface area contributed by atoms with Crippen molar-refractivity contribution < 1.29 is 26.4 Å². The van der Waals surface area contributed by atoms with Crippen molar-refractivity contribution in [2.45, 2.75) is 30.8 Å². The summed E-state index contributed by atoms with van der Waals surface area (Å²) in [5.74, 6) is -0.232. The van der Waals surface area contributed by atoms with Crippen LogP contribution in [0.1, 0.15) is 24.0 Å². The maximum Gasteiger partial charge on any atom is 0.417 e. The van der Waals surface area contributed by atoms with Gasteiger partial charge < -0.3 is 10.6 Å². The Morgan fingerprint density at radius 1 is 1.19 bits per heavy atom. The smallest absolute Gasteiger partial charge is 0.338 e. The number of carbonyl (C=O) groups excluding carboxylic acids is 1. The molecule has 32 heavy (non-hydrogen) atoms. The summed E-state index contributed by atoms with van der Waals surface area (Å²) in [6, 6.07) is 9.41. The van der Waals surface area contributed by atoms with Crippen molar-refractivity contribution in [1.29, 1.82) is 0 Å². The Morgan fingerprint density at radius 3 is 2.53 bits per heavy atom. The number of nitrogens with zero attached hydrogens (tertiary/aromatic N) is 1. The molecule has 0 radical (unpaired) electrons. The molecular weight excluding hydrogens is 467 g/mol. The van der Waals surface area contributed by atoms with E-state index in [0.717, 1.165) is 22.0 Å². The lowest BCUT2D eigenvalue weighted by Crippen LogP contribution is -2.44. The zero-order chi connectivity index (χ0) is 23.5. The third-order valence-corrected chi connectivity index (χ3v) is 7.37. The van der Waals surface area contributed by atoms with E-state index in [4.69, 9.17) is 11.6 Å². The van der Waals surface area contributed by atoms with Gasteiger partial charge in [0.25, 0.3) is 0 Å². The van der Waals surface area contributed by atoms with Crippen molar-refractivity contribution >= 4 is 33.3 Å². The molecule has 2 N–H and O–H groups in total. The fraction of sp³-hybridized carbons (Fsp3) is 0.381. The van der Waals surface area contributed by atoms with Crippen molar-refractivity contribution in [3.63, 3.8) is 0 Å². The highest BCUT2D eigenvalue weighted by Crippen LogP contribution is 2.37. The molecule has 2 aromatic rings. The van der Waals surface area contributed by atoms with Crippen LogP contribution in [0.3, 0.4) is 0 Å². The molecule has 174 valence electrons. The van der Waals surface area contributed by atoms with E-state index in [1.54, 1.807) is 12.1 Å².